The number of aliphatic hydroxyl groups excluding tert-OH is 1. The zero-order valence-corrected chi connectivity index (χ0v) is 18.9. The van der Waals surface area contributed by atoms with Gasteiger partial charge in [-0.05, 0) is 55.4 Å². The Bertz CT molecular complexity index is 1190. The molecule has 0 spiro atoms. The quantitative estimate of drug-likeness (QED) is 0.672. The highest BCUT2D eigenvalue weighted by Crippen LogP contribution is 2.47. The zero-order chi connectivity index (χ0) is 22.2. The van der Waals surface area contributed by atoms with Crippen molar-refractivity contribution in [2.24, 2.45) is 0 Å². The smallest absolute Gasteiger partial charge is 0.164 e. The molecule has 2 aliphatic heterocycles. The molecule has 3 aliphatic rings. The first-order chi connectivity index (χ1) is 15.3. The molecule has 7 nitrogen and oxygen atoms in total. The van der Waals surface area contributed by atoms with E-state index in [0.29, 0.717) is 0 Å². The number of benzene rings is 1. The number of hydrogen-bond acceptors (Lipinski definition) is 6. The normalized spacial score (nSPS) is 29.2. The molecule has 2 saturated heterocycles. The molecule has 3 aromatic rings. The van der Waals surface area contributed by atoms with Crippen LogP contribution < -0.4 is 0 Å². The largest absolute Gasteiger partial charge is 0.386 e. The van der Waals surface area contributed by atoms with Gasteiger partial charge in [-0.2, -0.15) is 0 Å². The molecule has 5 atom stereocenters. The van der Waals surface area contributed by atoms with E-state index >= 15 is 0 Å². The van der Waals surface area contributed by atoms with Crippen LogP contribution in [0.3, 0.4) is 0 Å². The van der Waals surface area contributed by atoms with Gasteiger partial charge in [0.2, 0.25) is 0 Å². The predicted molar refractivity (Wildman–Crippen MR) is 118 cm³/mol. The Kier molecular flexibility index (Phi) is 4.50. The molecule has 2 fully saturated rings. The predicted octanol–water partition coefficient (Wildman–Crippen LogP) is 3.80. The minimum Gasteiger partial charge on any atom is -0.386 e. The molecule has 0 saturated carbocycles. The van der Waals surface area contributed by atoms with E-state index in [4.69, 9.17) is 14.2 Å². The van der Waals surface area contributed by atoms with Crippen LogP contribution in [0.15, 0.2) is 36.8 Å². The highest BCUT2D eigenvalue weighted by Gasteiger charge is 2.58. The summed E-state index contributed by atoms with van der Waals surface area (Å²) in [7, 11) is 0. The standard InChI is InChI=1S/C25H29N3O4/c1-13(2)18-17-9-10-28(23(17)27-12-26-18)24-22-21(31-25(3,4)32-22)20(30-24)19(29)16-8-6-14-5-7-15(14)11-16/h6,8-13,19-22,24,29H,5,7H2,1-4H3/t19-,20-,21?,22-,24-/m1/s1. The van der Waals surface area contributed by atoms with Gasteiger partial charge in [-0.15, -0.1) is 0 Å². The number of aryl methyl sites for hydroxylation is 2. The van der Waals surface area contributed by atoms with Gasteiger partial charge in [0.25, 0.3) is 0 Å². The van der Waals surface area contributed by atoms with E-state index in [-0.39, 0.29) is 18.1 Å². The lowest BCUT2D eigenvalue weighted by molar-refractivity contribution is -0.207. The molecule has 1 N–H and O–H groups in total. The summed E-state index contributed by atoms with van der Waals surface area (Å²) in [5, 5.41) is 12.3. The summed E-state index contributed by atoms with van der Waals surface area (Å²) in [5.74, 6) is -0.472. The second kappa shape index (κ2) is 7.09. The van der Waals surface area contributed by atoms with E-state index in [9.17, 15) is 5.11 Å². The average molecular weight is 436 g/mol. The summed E-state index contributed by atoms with van der Waals surface area (Å²) in [6.07, 6.45) is 3.20. The lowest BCUT2D eigenvalue weighted by Gasteiger charge is -2.28. The first-order valence-corrected chi connectivity index (χ1v) is 11.4. The topological polar surface area (TPSA) is 78.6 Å². The second-order valence-electron chi connectivity index (χ2n) is 9.90. The second-order valence-corrected chi connectivity index (χ2v) is 9.90. The van der Waals surface area contributed by atoms with Crippen LogP contribution in [-0.4, -0.2) is 43.7 Å². The molecular formula is C25H29N3O4. The van der Waals surface area contributed by atoms with Crippen LogP contribution in [0.5, 0.6) is 0 Å². The fourth-order valence-electron chi connectivity index (χ4n) is 5.33. The number of fused-ring (bicyclic) bond motifs is 3. The highest BCUT2D eigenvalue weighted by molar-refractivity contribution is 5.79. The molecule has 168 valence electrons. The van der Waals surface area contributed by atoms with Crippen LogP contribution in [0.25, 0.3) is 11.0 Å². The average Bonchev–Trinajstić information content (AvgIpc) is 3.38. The molecule has 1 aliphatic carbocycles. The molecule has 0 bridgehead atoms. The van der Waals surface area contributed by atoms with Crippen molar-refractivity contribution in [3.63, 3.8) is 0 Å². The van der Waals surface area contributed by atoms with Crippen molar-refractivity contribution in [2.45, 2.75) is 82.9 Å². The maximum Gasteiger partial charge on any atom is 0.164 e. The third kappa shape index (κ3) is 3.03. The summed E-state index contributed by atoms with van der Waals surface area (Å²) in [6, 6.07) is 8.25. The van der Waals surface area contributed by atoms with Gasteiger partial charge in [-0.1, -0.05) is 32.0 Å². The Morgan fingerprint density at radius 2 is 1.84 bits per heavy atom. The summed E-state index contributed by atoms with van der Waals surface area (Å²) in [4.78, 5) is 9.03. The van der Waals surface area contributed by atoms with Crippen LogP contribution in [0, 0.1) is 0 Å². The third-order valence-electron chi connectivity index (χ3n) is 6.97. The fourth-order valence-corrected chi connectivity index (χ4v) is 5.33. The number of nitrogens with zero attached hydrogens (tertiary/aromatic N) is 3. The van der Waals surface area contributed by atoms with Crippen LogP contribution in [0.2, 0.25) is 0 Å². The monoisotopic (exact) mass is 435 g/mol. The molecule has 2 aromatic heterocycles. The van der Waals surface area contributed by atoms with E-state index in [1.54, 1.807) is 6.33 Å². The van der Waals surface area contributed by atoms with Crippen molar-refractivity contribution < 1.29 is 19.3 Å². The Morgan fingerprint density at radius 3 is 2.56 bits per heavy atom. The summed E-state index contributed by atoms with van der Waals surface area (Å²) in [5.41, 5.74) is 5.35. The van der Waals surface area contributed by atoms with Crippen LogP contribution in [0.4, 0.5) is 0 Å². The summed E-state index contributed by atoms with van der Waals surface area (Å²) >= 11 is 0. The Labute approximate surface area is 187 Å². The SMILES string of the molecule is CC(C)c1ncnc2c1ccn2[C@@H]1O[C@H]([C@H](O)c2ccc3c(c2)CC3)C2OC(C)(C)O[C@H]21. The number of ether oxygens (including phenoxy) is 3. The van der Waals surface area contributed by atoms with Gasteiger partial charge in [-0.25, -0.2) is 9.97 Å². The maximum absolute atomic E-state index is 11.3. The van der Waals surface area contributed by atoms with E-state index < -0.39 is 24.2 Å². The van der Waals surface area contributed by atoms with Crippen LogP contribution in [0.1, 0.15) is 68.3 Å². The van der Waals surface area contributed by atoms with Gasteiger partial charge < -0.3 is 23.9 Å². The minimum absolute atomic E-state index is 0.281. The Balaban J connectivity index is 1.38. The van der Waals surface area contributed by atoms with Gasteiger partial charge in [0.05, 0.1) is 5.69 Å². The lowest BCUT2D eigenvalue weighted by Crippen LogP contribution is -2.34. The molecule has 7 heteroatoms. The molecule has 0 radical (unpaired) electrons. The molecule has 1 unspecified atom stereocenters. The molecule has 6 rings (SSSR count). The fraction of sp³-hybridized carbons (Fsp3) is 0.520. The van der Waals surface area contributed by atoms with Crippen molar-refractivity contribution in [3.8, 4) is 0 Å². The van der Waals surface area contributed by atoms with E-state index in [2.05, 4.69) is 35.9 Å². The lowest BCUT2D eigenvalue weighted by atomic mass is 9.85. The molecule has 4 heterocycles. The van der Waals surface area contributed by atoms with Gasteiger partial charge in [0.1, 0.15) is 36.4 Å². The molecule has 1 aromatic carbocycles. The first-order valence-electron chi connectivity index (χ1n) is 11.4. The van der Waals surface area contributed by atoms with Crippen LogP contribution in [-0.2, 0) is 27.1 Å². The minimum atomic E-state index is -0.807. The van der Waals surface area contributed by atoms with E-state index in [0.717, 1.165) is 35.1 Å². The number of rotatable bonds is 4. The summed E-state index contributed by atoms with van der Waals surface area (Å²) in [6.45, 7) is 8.06. The number of aliphatic hydroxyl groups is 1. The van der Waals surface area contributed by atoms with Crippen molar-refractivity contribution >= 4 is 11.0 Å². The van der Waals surface area contributed by atoms with Gasteiger partial charge in [0, 0.05) is 11.6 Å². The third-order valence-corrected chi connectivity index (χ3v) is 6.97. The number of aromatic nitrogens is 3. The van der Waals surface area contributed by atoms with Gasteiger partial charge in [-0.3, -0.25) is 0 Å². The van der Waals surface area contributed by atoms with Gasteiger partial charge >= 0.3 is 0 Å². The van der Waals surface area contributed by atoms with Crippen molar-refractivity contribution in [2.75, 3.05) is 0 Å². The molecule has 0 amide bonds. The van der Waals surface area contributed by atoms with E-state index in [1.165, 1.54) is 11.1 Å². The van der Waals surface area contributed by atoms with Crippen molar-refractivity contribution in [1.29, 1.82) is 0 Å². The van der Waals surface area contributed by atoms with Crippen molar-refractivity contribution in [1.82, 2.24) is 14.5 Å². The van der Waals surface area contributed by atoms with Crippen molar-refractivity contribution in [3.05, 3.63) is 59.2 Å². The highest BCUT2D eigenvalue weighted by atomic mass is 16.8. The van der Waals surface area contributed by atoms with E-state index in [1.807, 2.05) is 36.7 Å². The zero-order valence-electron chi connectivity index (χ0n) is 18.9. The maximum atomic E-state index is 11.3. The number of hydrogen-bond donors (Lipinski definition) is 1. The van der Waals surface area contributed by atoms with Crippen LogP contribution >= 0.6 is 0 Å². The Hall–Kier alpha value is -2.32. The molecular weight excluding hydrogens is 406 g/mol. The molecule has 32 heavy (non-hydrogen) atoms. The first kappa shape index (κ1) is 20.3. The Morgan fingerprint density at radius 1 is 1.06 bits per heavy atom. The summed E-state index contributed by atoms with van der Waals surface area (Å²) < 4.78 is 21.0. The van der Waals surface area contributed by atoms with Gasteiger partial charge in [0.15, 0.2) is 12.0 Å².